The number of ether oxygens (including phenoxy) is 1. The van der Waals surface area contributed by atoms with Gasteiger partial charge in [0.1, 0.15) is 6.04 Å². The van der Waals surface area contributed by atoms with Gasteiger partial charge < -0.3 is 14.7 Å². The zero-order valence-electron chi connectivity index (χ0n) is 13.3. The van der Waals surface area contributed by atoms with Gasteiger partial charge in [-0.25, -0.2) is 4.79 Å². The molecule has 4 atom stereocenters. The highest BCUT2D eigenvalue weighted by Crippen LogP contribution is 2.27. The van der Waals surface area contributed by atoms with Crippen LogP contribution >= 0.6 is 0 Å². The molecule has 7 heteroatoms. The Kier molecular flexibility index (Phi) is 4.38. The van der Waals surface area contributed by atoms with Crippen molar-refractivity contribution in [2.75, 3.05) is 32.7 Å². The third-order valence-corrected chi connectivity index (χ3v) is 4.64. The predicted octanol–water partition coefficient (Wildman–Crippen LogP) is -0.117. The van der Waals surface area contributed by atoms with Gasteiger partial charge in [-0.05, 0) is 26.7 Å². The van der Waals surface area contributed by atoms with Gasteiger partial charge in [-0.15, -0.1) is 0 Å². The van der Waals surface area contributed by atoms with Crippen LogP contribution in [0, 0.1) is 0 Å². The van der Waals surface area contributed by atoms with Gasteiger partial charge in [0.15, 0.2) is 0 Å². The molecule has 3 aliphatic rings. The van der Waals surface area contributed by atoms with Crippen LogP contribution < -0.4 is 0 Å². The number of hydrogen-bond donors (Lipinski definition) is 1. The maximum absolute atomic E-state index is 12.2. The first-order valence-corrected chi connectivity index (χ1v) is 8.13. The molecule has 0 bridgehead atoms. The summed E-state index contributed by atoms with van der Waals surface area (Å²) in [5, 5.41) is 10.3. The van der Waals surface area contributed by atoms with Gasteiger partial charge in [0.25, 0.3) is 5.91 Å². The van der Waals surface area contributed by atoms with E-state index in [0.29, 0.717) is 13.1 Å². The number of urea groups is 1. The minimum Gasteiger partial charge on any atom is -0.390 e. The molecule has 0 aromatic rings. The molecule has 0 unspecified atom stereocenters. The molecule has 22 heavy (non-hydrogen) atoms. The summed E-state index contributed by atoms with van der Waals surface area (Å²) in [7, 11) is 0. The SMILES string of the molecule is C[C@@H]1CN(C[C@H](O)CN2C(=O)[C@H]3CCCN3C2=O)C[C@@H](C)O1. The number of fused-ring (bicyclic) bond motifs is 1. The molecule has 3 aliphatic heterocycles. The molecule has 0 aliphatic carbocycles. The second-order valence-corrected chi connectivity index (χ2v) is 6.71. The van der Waals surface area contributed by atoms with Gasteiger partial charge in [-0.3, -0.25) is 14.6 Å². The van der Waals surface area contributed by atoms with Crippen LogP contribution in [0.5, 0.6) is 0 Å². The average molecular weight is 311 g/mol. The van der Waals surface area contributed by atoms with Crippen LogP contribution in [0.25, 0.3) is 0 Å². The third-order valence-electron chi connectivity index (χ3n) is 4.64. The highest BCUT2D eigenvalue weighted by Gasteiger charge is 2.47. The molecule has 7 nitrogen and oxygen atoms in total. The number of carbonyl (C=O) groups excluding carboxylic acids is 2. The second kappa shape index (κ2) is 6.14. The molecule has 3 amide bonds. The largest absolute Gasteiger partial charge is 0.390 e. The zero-order chi connectivity index (χ0) is 15.9. The Bertz CT molecular complexity index is 426. The highest BCUT2D eigenvalue weighted by molar-refractivity contribution is 6.04. The van der Waals surface area contributed by atoms with Gasteiger partial charge in [0, 0.05) is 26.2 Å². The van der Waals surface area contributed by atoms with E-state index in [0.717, 1.165) is 25.9 Å². The number of hydrogen-bond acceptors (Lipinski definition) is 5. The van der Waals surface area contributed by atoms with Crippen molar-refractivity contribution in [2.45, 2.75) is 51.0 Å². The summed E-state index contributed by atoms with van der Waals surface area (Å²) >= 11 is 0. The number of morpholine rings is 1. The minimum absolute atomic E-state index is 0.0881. The molecule has 124 valence electrons. The molecule has 0 radical (unpaired) electrons. The molecule has 3 saturated heterocycles. The molecular formula is C15H25N3O4. The van der Waals surface area contributed by atoms with Crippen LogP contribution in [0.2, 0.25) is 0 Å². The van der Waals surface area contributed by atoms with Gasteiger partial charge in [-0.2, -0.15) is 0 Å². The summed E-state index contributed by atoms with van der Waals surface area (Å²) in [5.41, 5.74) is 0. The first kappa shape index (κ1) is 15.7. The number of carbonyl (C=O) groups is 2. The number of aliphatic hydroxyl groups excluding tert-OH is 1. The van der Waals surface area contributed by atoms with Gasteiger partial charge >= 0.3 is 6.03 Å². The van der Waals surface area contributed by atoms with Crippen LogP contribution in [-0.2, 0) is 9.53 Å². The molecule has 3 heterocycles. The molecule has 0 aromatic carbocycles. The number of rotatable bonds is 4. The van der Waals surface area contributed by atoms with Crippen molar-refractivity contribution in [2.24, 2.45) is 0 Å². The van der Waals surface area contributed by atoms with Crippen molar-refractivity contribution < 1.29 is 19.4 Å². The molecular weight excluding hydrogens is 286 g/mol. The van der Waals surface area contributed by atoms with E-state index in [1.807, 2.05) is 13.8 Å². The topological polar surface area (TPSA) is 73.3 Å². The lowest BCUT2D eigenvalue weighted by Crippen LogP contribution is -2.50. The molecule has 1 N–H and O–H groups in total. The van der Waals surface area contributed by atoms with E-state index in [-0.39, 0.29) is 36.7 Å². The van der Waals surface area contributed by atoms with Crippen molar-refractivity contribution in [1.29, 1.82) is 0 Å². The van der Waals surface area contributed by atoms with Gasteiger partial charge in [-0.1, -0.05) is 0 Å². The molecule has 0 saturated carbocycles. The Hall–Kier alpha value is -1.18. The molecule has 3 fully saturated rings. The number of amides is 3. The number of nitrogens with zero attached hydrogens (tertiary/aromatic N) is 3. The summed E-state index contributed by atoms with van der Waals surface area (Å²) in [6.07, 6.45) is 1.19. The zero-order valence-corrected chi connectivity index (χ0v) is 13.3. The standard InChI is InChI=1S/C15H25N3O4/c1-10-6-16(7-11(2)22-10)8-12(19)9-18-14(20)13-4-3-5-17(13)15(18)21/h10-13,19H,3-9H2,1-2H3/t10-,11-,12+,13-/m1/s1. The Morgan fingerprint density at radius 3 is 2.55 bits per heavy atom. The molecule has 0 aromatic heterocycles. The highest BCUT2D eigenvalue weighted by atomic mass is 16.5. The van der Waals surface area contributed by atoms with E-state index in [1.165, 1.54) is 4.90 Å². The monoisotopic (exact) mass is 311 g/mol. The van der Waals surface area contributed by atoms with E-state index in [4.69, 9.17) is 4.74 Å². The van der Waals surface area contributed by atoms with E-state index in [9.17, 15) is 14.7 Å². The van der Waals surface area contributed by atoms with E-state index >= 15 is 0 Å². The fraction of sp³-hybridized carbons (Fsp3) is 0.867. The van der Waals surface area contributed by atoms with Gasteiger partial charge in [0.05, 0.1) is 24.9 Å². The van der Waals surface area contributed by atoms with Crippen molar-refractivity contribution in [3.8, 4) is 0 Å². The first-order valence-electron chi connectivity index (χ1n) is 8.13. The third kappa shape index (κ3) is 2.98. The van der Waals surface area contributed by atoms with Crippen molar-refractivity contribution >= 4 is 11.9 Å². The predicted molar refractivity (Wildman–Crippen MR) is 79.3 cm³/mol. The second-order valence-electron chi connectivity index (χ2n) is 6.71. The van der Waals surface area contributed by atoms with Gasteiger partial charge in [0.2, 0.25) is 0 Å². The van der Waals surface area contributed by atoms with E-state index in [2.05, 4.69) is 4.90 Å². The number of β-amino-alcohol motifs (C(OH)–C–C–N with tert-alkyl or cyclic N) is 1. The van der Waals surface area contributed by atoms with Crippen molar-refractivity contribution in [3.63, 3.8) is 0 Å². The smallest absolute Gasteiger partial charge is 0.327 e. The van der Waals surface area contributed by atoms with Crippen LogP contribution in [0.15, 0.2) is 0 Å². The van der Waals surface area contributed by atoms with Crippen molar-refractivity contribution in [1.82, 2.24) is 14.7 Å². The minimum atomic E-state index is -0.717. The molecule has 0 spiro atoms. The fourth-order valence-electron chi connectivity index (χ4n) is 3.85. The summed E-state index contributed by atoms with van der Waals surface area (Å²) in [6.45, 7) is 6.75. The van der Waals surface area contributed by atoms with Crippen LogP contribution in [0.4, 0.5) is 4.79 Å². The Morgan fingerprint density at radius 2 is 1.91 bits per heavy atom. The maximum atomic E-state index is 12.2. The van der Waals surface area contributed by atoms with Crippen LogP contribution in [0.3, 0.4) is 0 Å². The van der Waals surface area contributed by atoms with Crippen molar-refractivity contribution in [3.05, 3.63) is 0 Å². The summed E-state index contributed by atoms with van der Waals surface area (Å²) in [5.74, 6) is -0.148. The Labute approximate surface area is 130 Å². The Balaban J connectivity index is 1.54. The lowest BCUT2D eigenvalue weighted by molar-refractivity contribution is -0.129. The number of aliphatic hydroxyl groups is 1. The van der Waals surface area contributed by atoms with Crippen LogP contribution in [-0.4, -0.2) is 88.8 Å². The average Bonchev–Trinajstić information content (AvgIpc) is 2.98. The lowest BCUT2D eigenvalue weighted by Gasteiger charge is -2.36. The number of imide groups is 1. The molecule has 3 rings (SSSR count). The summed E-state index contributed by atoms with van der Waals surface area (Å²) in [6, 6.07) is -0.529. The normalized spacial score (nSPS) is 34.4. The lowest BCUT2D eigenvalue weighted by atomic mass is 10.2. The Morgan fingerprint density at radius 1 is 1.23 bits per heavy atom. The fourth-order valence-corrected chi connectivity index (χ4v) is 3.85. The first-order chi connectivity index (χ1) is 10.5. The van der Waals surface area contributed by atoms with E-state index < -0.39 is 6.10 Å². The summed E-state index contributed by atoms with van der Waals surface area (Å²) < 4.78 is 5.67. The summed E-state index contributed by atoms with van der Waals surface area (Å²) in [4.78, 5) is 29.5. The van der Waals surface area contributed by atoms with Crippen LogP contribution in [0.1, 0.15) is 26.7 Å². The quantitative estimate of drug-likeness (QED) is 0.733. The maximum Gasteiger partial charge on any atom is 0.327 e. The van der Waals surface area contributed by atoms with E-state index in [1.54, 1.807) is 4.90 Å².